The van der Waals surface area contributed by atoms with Crippen LogP contribution in [0.4, 0.5) is 5.69 Å². The summed E-state index contributed by atoms with van der Waals surface area (Å²) in [5, 5.41) is 12.8. The number of nitrogens with zero attached hydrogens (tertiary/aromatic N) is 4. The van der Waals surface area contributed by atoms with E-state index in [2.05, 4.69) is 31.5 Å². The Balaban J connectivity index is 2.17. The Kier molecular flexibility index (Phi) is 3.84. The predicted octanol–water partition coefficient (Wildman–Crippen LogP) is 3.98. The number of tetrazole rings is 1. The van der Waals surface area contributed by atoms with Gasteiger partial charge in [0.1, 0.15) is 0 Å². The zero-order valence-electron chi connectivity index (χ0n) is 10.5. The van der Waals surface area contributed by atoms with Gasteiger partial charge in [-0.1, -0.05) is 29.3 Å². The molecule has 0 radical (unpaired) electrons. The first-order valence-electron chi connectivity index (χ1n) is 5.86. The minimum absolute atomic E-state index is 0.467. The zero-order chi connectivity index (χ0) is 15.0. The normalized spacial score (nSPS) is 10.8. The average Bonchev–Trinajstić information content (AvgIpc) is 2.94. The molecule has 0 spiro atoms. The lowest BCUT2D eigenvalue weighted by molar-refractivity contribution is 0.789. The Labute approximate surface area is 138 Å². The van der Waals surface area contributed by atoms with Crippen LogP contribution in [0.2, 0.25) is 10.0 Å². The predicted molar refractivity (Wildman–Crippen MR) is 86.7 cm³/mol. The van der Waals surface area contributed by atoms with Crippen LogP contribution in [0.3, 0.4) is 0 Å². The third-order valence-corrected chi connectivity index (χ3v) is 4.60. The molecule has 0 fully saturated rings. The van der Waals surface area contributed by atoms with Crippen molar-refractivity contribution >= 4 is 44.8 Å². The first-order chi connectivity index (χ1) is 10.1. The van der Waals surface area contributed by atoms with Gasteiger partial charge in [0.15, 0.2) is 5.82 Å². The third-order valence-electron chi connectivity index (χ3n) is 2.88. The summed E-state index contributed by atoms with van der Waals surface area (Å²) >= 11 is 15.5. The van der Waals surface area contributed by atoms with E-state index in [0.717, 1.165) is 11.3 Å². The van der Waals surface area contributed by atoms with E-state index in [0.29, 0.717) is 26.0 Å². The first-order valence-corrected chi connectivity index (χ1v) is 7.41. The standard InChI is InChI=1S/C13H8BrCl2N5/c14-12-9(16)2-1-3-11(12)21-13(18-19-20-21)7-4-5-8(15)10(17)6-7/h1-6H,17H2. The van der Waals surface area contributed by atoms with Gasteiger partial charge in [-0.25, -0.2) is 0 Å². The molecule has 21 heavy (non-hydrogen) atoms. The first kappa shape index (κ1) is 14.3. The zero-order valence-corrected chi connectivity index (χ0v) is 13.6. The second kappa shape index (κ2) is 5.63. The van der Waals surface area contributed by atoms with Crippen LogP contribution >= 0.6 is 39.1 Å². The van der Waals surface area contributed by atoms with Crippen molar-refractivity contribution in [2.75, 3.05) is 5.73 Å². The molecule has 0 unspecified atom stereocenters. The maximum absolute atomic E-state index is 6.11. The van der Waals surface area contributed by atoms with E-state index in [1.807, 2.05) is 12.1 Å². The van der Waals surface area contributed by atoms with E-state index < -0.39 is 0 Å². The summed E-state index contributed by atoms with van der Waals surface area (Å²) in [5.74, 6) is 0.543. The molecule has 1 heterocycles. The number of aromatic nitrogens is 4. The van der Waals surface area contributed by atoms with Crippen LogP contribution in [0.25, 0.3) is 17.1 Å². The van der Waals surface area contributed by atoms with Crippen LogP contribution in [0.1, 0.15) is 0 Å². The van der Waals surface area contributed by atoms with Crippen molar-refractivity contribution in [2.24, 2.45) is 0 Å². The molecule has 0 amide bonds. The summed E-state index contributed by atoms with van der Waals surface area (Å²) < 4.78 is 2.29. The van der Waals surface area contributed by atoms with E-state index in [1.54, 1.807) is 28.9 Å². The van der Waals surface area contributed by atoms with Gasteiger partial charge >= 0.3 is 0 Å². The summed E-state index contributed by atoms with van der Waals surface area (Å²) in [5.41, 5.74) is 7.79. The molecule has 3 aromatic rings. The highest BCUT2D eigenvalue weighted by Crippen LogP contribution is 2.31. The van der Waals surface area contributed by atoms with Gasteiger partial charge in [-0.05, 0) is 56.7 Å². The topological polar surface area (TPSA) is 69.6 Å². The molecule has 0 saturated heterocycles. The van der Waals surface area contributed by atoms with Crippen LogP contribution in [-0.2, 0) is 0 Å². The van der Waals surface area contributed by atoms with Gasteiger partial charge in [-0.15, -0.1) is 5.10 Å². The molecule has 106 valence electrons. The Morgan fingerprint density at radius 3 is 2.67 bits per heavy atom. The molecule has 0 saturated carbocycles. The lowest BCUT2D eigenvalue weighted by Gasteiger charge is -2.08. The van der Waals surface area contributed by atoms with Gasteiger partial charge < -0.3 is 5.73 Å². The second-order valence-electron chi connectivity index (χ2n) is 4.22. The van der Waals surface area contributed by atoms with Crippen molar-refractivity contribution in [3.05, 3.63) is 50.9 Å². The van der Waals surface area contributed by atoms with E-state index >= 15 is 0 Å². The van der Waals surface area contributed by atoms with Crippen LogP contribution in [-0.4, -0.2) is 20.2 Å². The summed E-state index contributed by atoms with van der Waals surface area (Å²) in [6.45, 7) is 0. The monoisotopic (exact) mass is 383 g/mol. The van der Waals surface area contributed by atoms with E-state index in [1.165, 1.54) is 0 Å². The van der Waals surface area contributed by atoms with Gasteiger partial charge in [-0.2, -0.15) is 4.68 Å². The molecule has 1 aromatic heterocycles. The highest BCUT2D eigenvalue weighted by Gasteiger charge is 2.15. The lowest BCUT2D eigenvalue weighted by Crippen LogP contribution is -2.01. The molecule has 0 aliphatic carbocycles. The highest BCUT2D eigenvalue weighted by atomic mass is 79.9. The van der Waals surface area contributed by atoms with Crippen molar-refractivity contribution in [3.63, 3.8) is 0 Å². The fraction of sp³-hybridized carbons (Fsp3) is 0. The average molecular weight is 385 g/mol. The SMILES string of the molecule is Nc1cc(-c2nnnn2-c2cccc(Cl)c2Br)ccc1Cl. The van der Waals surface area contributed by atoms with Gasteiger partial charge in [0, 0.05) is 5.56 Å². The number of rotatable bonds is 2. The third kappa shape index (κ3) is 2.62. The summed E-state index contributed by atoms with van der Waals surface area (Å²) in [4.78, 5) is 0. The van der Waals surface area contributed by atoms with Gasteiger partial charge in [0.2, 0.25) is 0 Å². The van der Waals surface area contributed by atoms with Gasteiger partial charge in [0.25, 0.3) is 0 Å². The number of nitrogen functional groups attached to an aromatic ring is 1. The molecule has 2 aromatic carbocycles. The van der Waals surface area contributed by atoms with Crippen molar-refractivity contribution in [2.45, 2.75) is 0 Å². The van der Waals surface area contributed by atoms with Crippen LogP contribution in [0.15, 0.2) is 40.9 Å². The van der Waals surface area contributed by atoms with E-state index in [-0.39, 0.29) is 0 Å². The Morgan fingerprint density at radius 2 is 1.90 bits per heavy atom. The van der Waals surface area contributed by atoms with Crippen molar-refractivity contribution < 1.29 is 0 Å². The second-order valence-corrected chi connectivity index (χ2v) is 5.83. The Bertz CT molecular complexity index is 818. The Hall–Kier alpha value is -1.63. The smallest absolute Gasteiger partial charge is 0.187 e. The number of benzene rings is 2. The quantitative estimate of drug-likeness (QED) is 0.678. The van der Waals surface area contributed by atoms with E-state index in [9.17, 15) is 0 Å². The fourth-order valence-corrected chi connectivity index (χ4v) is 2.59. The molecule has 2 N–H and O–H groups in total. The molecule has 5 nitrogen and oxygen atoms in total. The lowest BCUT2D eigenvalue weighted by atomic mass is 10.2. The maximum atomic E-state index is 6.11. The van der Waals surface area contributed by atoms with E-state index in [4.69, 9.17) is 28.9 Å². The number of hydrogen-bond donors (Lipinski definition) is 1. The molecule has 0 atom stereocenters. The molecular weight excluding hydrogens is 377 g/mol. The van der Waals surface area contributed by atoms with Gasteiger partial charge in [-0.3, -0.25) is 0 Å². The molecular formula is C13H8BrCl2N5. The van der Waals surface area contributed by atoms with Crippen LogP contribution < -0.4 is 5.73 Å². The maximum Gasteiger partial charge on any atom is 0.187 e. The largest absolute Gasteiger partial charge is 0.398 e. The highest BCUT2D eigenvalue weighted by molar-refractivity contribution is 9.10. The number of hydrogen-bond acceptors (Lipinski definition) is 4. The number of nitrogens with two attached hydrogens (primary N) is 1. The summed E-state index contributed by atoms with van der Waals surface area (Å²) in [7, 11) is 0. The minimum Gasteiger partial charge on any atom is -0.398 e. The summed E-state index contributed by atoms with van der Waals surface area (Å²) in [6, 6.07) is 10.7. The minimum atomic E-state index is 0.467. The summed E-state index contributed by atoms with van der Waals surface area (Å²) in [6.07, 6.45) is 0. The number of halogens is 3. The Morgan fingerprint density at radius 1 is 1.10 bits per heavy atom. The van der Waals surface area contributed by atoms with Crippen LogP contribution in [0, 0.1) is 0 Å². The number of anilines is 1. The molecule has 3 rings (SSSR count). The molecule has 0 bridgehead atoms. The fourth-order valence-electron chi connectivity index (χ4n) is 1.87. The van der Waals surface area contributed by atoms with Crippen molar-refractivity contribution in [3.8, 4) is 17.1 Å². The van der Waals surface area contributed by atoms with Gasteiger partial charge in [0.05, 0.1) is 25.9 Å². The van der Waals surface area contributed by atoms with Crippen molar-refractivity contribution in [1.29, 1.82) is 0 Å². The molecule has 0 aliphatic heterocycles. The van der Waals surface area contributed by atoms with Crippen molar-refractivity contribution in [1.82, 2.24) is 20.2 Å². The molecule has 0 aliphatic rings. The molecule has 8 heteroatoms. The van der Waals surface area contributed by atoms with Crippen LogP contribution in [0.5, 0.6) is 0 Å².